The quantitative estimate of drug-likeness (QED) is 0.715. The zero-order valence-corrected chi connectivity index (χ0v) is 17.8. The van der Waals surface area contributed by atoms with Gasteiger partial charge in [0.15, 0.2) is 15.0 Å². The minimum Gasteiger partial charge on any atom is -0.497 e. The minimum absolute atomic E-state index is 0.122. The van der Waals surface area contributed by atoms with E-state index in [1.54, 1.807) is 18.9 Å². The van der Waals surface area contributed by atoms with Gasteiger partial charge >= 0.3 is 0 Å². The highest BCUT2D eigenvalue weighted by Crippen LogP contribution is 2.36. The molecule has 1 saturated heterocycles. The van der Waals surface area contributed by atoms with Gasteiger partial charge in [-0.25, -0.2) is 8.42 Å². The van der Waals surface area contributed by atoms with Gasteiger partial charge in [0.2, 0.25) is 0 Å². The molecule has 0 radical (unpaired) electrons. The Bertz CT molecular complexity index is 993. The van der Waals surface area contributed by atoms with Crippen molar-refractivity contribution in [2.45, 2.75) is 18.5 Å². The number of ether oxygens (including phenoxy) is 1. The van der Waals surface area contributed by atoms with Crippen LogP contribution in [0.1, 0.15) is 5.56 Å². The van der Waals surface area contributed by atoms with Crippen LogP contribution in [0.4, 0.5) is 5.69 Å². The number of methoxy groups -OCH3 is 1. The van der Waals surface area contributed by atoms with Crippen molar-refractivity contribution >= 4 is 44.1 Å². The lowest BCUT2D eigenvalue weighted by Gasteiger charge is -2.26. The summed E-state index contributed by atoms with van der Waals surface area (Å²) in [5.41, 5.74) is 2.12. The zero-order valence-electron chi connectivity index (χ0n) is 15.4. The normalized spacial score (nSPS) is 22.8. The monoisotopic (exact) mass is 436 g/mol. The van der Waals surface area contributed by atoms with Crippen LogP contribution < -0.4 is 9.64 Å². The number of aliphatic imine (C=N–C) groups is 1. The van der Waals surface area contributed by atoms with Crippen LogP contribution in [0.25, 0.3) is 0 Å². The van der Waals surface area contributed by atoms with E-state index >= 15 is 0 Å². The van der Waals surface area contributed by atoms with Crippen molar-refractivity contribution in [3.8, 4) is 5.75 Å². The Morgan fingerprint density at radius 2 is 2.00 bits per heavy atom. The van der Waals surface area contributed by atoms with E-state index in [-0.39, 0.29) is 23.6 Å². The lowest BCUT2D eigenvalue weighted by molar-refractivity contribution is 0.414. The van der Waals surface area contributed by atoms with E-state index in [2.05, 4.69) is 17.0 Å². The number of benzene rings is 2. The number of anilines is 1. The van der Waals surface area contributed by atoms with E-state index in [9.17, 15) is 8.42 Å². The van der Waals surface area contributed by atoms with Crippen LogP contribution in [0.3, 0.4) is 0 Å². The van der Waals surface area contributed by atoms with E-state index < -0.39 is 9.84 Å². The van der Waals surface area contributed by atoms with E-state index in [1.165, 1.54) is 5.56 Å². The molecule has 2 aromatic rings. The van der Waals surface area contributed by atoms with Crippen molar-refractivity contribution in [3.63, 3.8) is 0 Å². The Morgan fingerprint density at radius 1 is 1.21 bits per heavy atom. The van der Waals surface area contributed by atoms with Gasteiger partial charge in [0.05, 0.1) is 30.7 Å². The fourth-order valence-corrected chi connectivity index (χ4v) is 6.75. The maximum Gasteiger partial charge on any atom is 0.164 e. The molecule has 0 amide bonds. The molecule has 2 heterocycles. The number of rotatable bonds is 5. The van der Waals surface area contributed by atoms with Gasteiger partial charge < -0.3 is 9.64 Å². The molecular weight excluding hydrogens is 416 g/mol. The van der Waals surface area contributed by atoms with Gasteiger partial charge in [0.1, 0.15) is 5.75 Å². The molecule has 0 bridgehead atoms. The predicted octanol–water partition coefficient (Wildman–Crippen LogP) is 3.67. The summed E-state index contributed by atoms with van der Waals surface area (Å²) < 4.78 is 29.4. The maximum atomic E-state index is 12.1. The second-order valence-corrected chi connectivity index (χ2v) is 10.6. The number of hydrogen-bond acceptors (Lipinski definition) is 6. The molecule has 0 spiro atoms. The van der Waals surface area contributed by atoms with E-state index in [1.807, 2.05) is 36.4 Å². The number of aryl methyl sites for hydroxylation is 1. The van der Waals surface area contributed by atoms with Crippen molar-refractivity contribution in [1.82, 2.24) is 0 Å². The van der Waals surface area contributed by atoms with E-state index in [0.717, 1.165) is 28.8 Å². The molecule has 28 heavy (non-hydrogen) atoms. The van der Waals surface area contributed by atoms with Crippen molar-refractivity contribution in [2.75, 3.05) is 29.3 Å². The third kappa shape index (κ3) is 4.16. The van der Waals surface area contributed by atoms with Gasteiger partial charge in [-0.2, -0.15) is 0 Å². The summed E-state index contributed by atoms with van der Waals surface area (Å²) >= 11 is 7.84. The highest BCUT2D eigenvalue weighted by atomic mass is 35.5. The maximum absolute atomic E-state index is 12.1. The average Bonchev–Trinajstić information content (AvgIpc) is 3.13. The number of halogens is 1. The van der Waals surface area contributed by atoms with Gasteiger partial charge in [-0.05, 0) is 42.3 Å². The number of nitrogens with zero attached hydrogens (tertiary/aromatic N) is 2. The standard InChI is InChI=1S/C20H21ClN2O3S2/c1-26-17-7-5-14(6-8-17)9-10-27-20-22-18-12-28(24,25)13-19(18)23(20)16-4-2-3-15(21)11-16/h2-8,11,18-19H,9-10,12-13H2,1H3. The Morgan fingerprint density at radius 3 is 2.71 bits per heavy atom. The molecule has 5 nitrogen and oxygen atoms in total. The largest absolute Gasteiger partial charge is 0.497 e. The van der Waals surface area contributed by atoms with Crippen LogP contribution in [0.2, 0.25) is 5.02 Å². The highest BCUT2D eigenvalue weighted by Gasteiger charge is 2.47. The van der Waals surface area contributed by atoms with Crippen LogP contribution in [-0.2, 0) is 16.3 Å². The summed E-state index contributed by atoms with van der Waals surface area (Å²) in [5, 5.41) is 1.50. The molecule has 2 atom stereocenters. The average molecular weight is 437 g/mol. The summed E-state index contributed by atoms with van der Waals surface area (Å²) in [5.74, 6) is 1.96. The van der Waals surface area contributed by atoms with Crippen LogP contribution in [0.5, 0.6) is 5.75 Å². The van der Waals surface area contributed by atoms with Crippen LogP contribution in [0.15, 0.2) is 53.5 Å². The zero-order chi connectivity index (χ0) is 19.7. The SMILES string of the molecule is COc1ccc(CCSC2=NC3CS(=O)(=O)CC3N2c2cccc(Cl)c2)cc1. The van der Waals surface area contributed by atoms with Crippen molar-refractivity contribution in [2.24, 2.45) is 4.99 Å². The summed E-state index contributed by atoms with van der Waals surface area (Å²) in [6, 6.07) is 15.2. The molecule has 2 aromatic carbocycles. The lowest BCUT2D eigenvalue weighted by Crippen LogP contribution is -2.39. The number of fused-ring (bicyclic) bond motifs is 1. The molecule has 2 aliphatic rings. The lowest BCUT2D eigenvalue weighted by atomic mass is 10.1. The molecule has 2 aliphatic heterocycles. The van der Waals surface area contributed by atoms with E-state index in [4.69, 9.17) is 21.3 Å². The highest BCUT2D eigenvalue weighted by molar-refractivity contribution is 8.14. The van der Waals surface area contributed by atoms with Crippen molar-refractivity contribution in [3.05, 3.63) is 59.1 Å². The van der Waals surface area contributed by atoms with Gasteiger partial charge in [-0.15, -0.1) is 0 Å². The molecule has 0 aliphatic carbocycles. The summed E-state index contributed by atoms with van der Waals surface area (Å²) in [4.78, 5) is 6.81. The third-order valence-electron chi connectivity index (χ3n) is 4.97. The third-order valence-corrected chi connectivity index (χ3v) is 7.88. The first kappa shape index (κ1) is 19.6. The van der Waals surface area contributed by atoms with Crippen LogP contribution in [0, 0.1) is 0 Å². The fraction of sp³-hybridized carbons (Fsp3) is 0.350. The van der Waals surface area contributed by atoms with Gasteiger partial charge in [0, 0.05) is 16.5 Å². The Hall–Kier alpha value is -1.70. The van der Waals surface area contributed by atoms with Crippen LogP contribution in [-0.4, -0.2) is 50.0 Å². The number of hydrogen-bond donors (Lipinski definition) is 0. The first-order chi connectivity index (χ1) is 13.4. The Labute approximate surface area is 174 Å². The Kier molecular flexibility index (Phi) is 5.58. The van der Waals surface area contributed by atoms with Crippen molar-refractivity contribution in [1.29, 1.82) is 0 Å². The van der Waals surface area contributed by atoms with E-state index in [0.29, 0.717) is 5.02 Å². The molecule has 4 rings (SSSR count). The molecule has 0 aromatic heterocycles. The molecule has 148 valence electrons. The summed E-state index contributed by atoms with van der Waals surface area (Å²) in [7, 11) is -1.40. The fourth-order valence-electron chi connectivity index (χ4n) is 3.61. The van der Waals surface area contributed by atoms with Crippen molar-refractivity contribution < 1.29 is 13.2 Å². The molecule has 2 unspecified atom stereocenters. The summed E-state index contributed by atoms with van der Waals surface area (Å²) in [6.45, 7) is 0. The number of amidine groups is 1. The molecule has 0 saturated carbocycles. The Balaban J connectivity index is 1.50. The van der Waals surface area contributed by atoms with Gasteiger partial charge in [-0.1, -0.05) is 41.6 Å². The first-order valence-corrected chi connectivity index (χ1v) is 12.2. The number of thioether (sulfide) groups is 1. The van der Waals surface area contributed by atoms with Gasteiger partial charge in [0.25, 0.3) is 0 Å². The minimum atomic E-state index is -3.05. The molecular formula is C20H21ClN2O3S2. The van der Waals surface area contributed by atoms with Gasteiger partial charge in [-0.3, -0.25) is 4.99 Å². The predicted molar refractivity (Wildman–Crippen MR) is 117 cm³/mol. The first-order valence-electron chi connectivity index (χ1n) is 9.04. The number of sulfone groups is 1. The second kappa shape index (κ2) is 7.97. The second-order valence-electron chi connectivity index (χ2n) is 6.92. The topological polar surface area (TPSA) is 59.0 Å². The van der Waals surface area contributed by atoms with Crippen LogP contribution >= 0.6 is 23.4 Å². The summed E-state index contributed by atoms with van der Waals surface area (Å²) in [6.07, 6.45) is 0.894. The molecule has 0 N–H and O–H groups in total. The molecule has 8 heteroatoms. The smallest absolute Gasteiger partial charge is 0.164 e. The molecule has 1 fully saturated rings.